The van der Waals surface area contributed by atoms with Crippen LogP contribution in [0.5, 0.6) is 5.75 Å². The predicted octanol–water partition coefficient (Wildman–Crippen LogP) is 1.80. The van der Waals surface area contributed by atoms with Crippen LogP contribution in [0.4, 0.5) is 11.4 Å². The van der Waals surface area contributed by atoms with Gasteiger partial charge in [0.2, 0.25) is 11.8 Å². The van der Waals surface area contributed by atoms with E-state index in [2.05, 4.69) is 10.6 Å². The molecular formula is C19H19N3O4. The Kier molecular flexibility index (Phi) is 5.17. The zero-order valence-corrected chi connectivity index (χ0v) is 14.3. The lowest BCUT2D eigenvalue weighted by molar-refractivity contribution is -0.121. The SMILES string of the molecule is CNC(=O)c1ccc(NC(=O)CN2C(=O)CCOc3ccccc32)cc1. The van der Waals surface area contributed by atoms with Crippen molar-refractivity contribution in [3.63, 3.8) is 0 Å². The smallest absolute Gasteiger partial charge is 0.251 e. The van der Waals surface area contributed by atoms with E-state index in [1.807, 2.05) is 6.07 Å². The molecule has 2 aromatic carbocycles. The van der Waals surface area contributed by atoms with Gasteiger partial charge in [0.25, 0.3) is 5.91 Å². The summed E-state index contributed by atoms with van der Waals surface area (Å²) in [5.41, 5.74) is 1.63. The average molecular weight is 353 g/mol. The molecule has 7 nitrogen and oxygen atoms in total. The molecule has 0 bridgehead atoms. The quantitative estimate of drug-likeness (QED) is 0.877. The van der Waals surface area contributed by atoms with Gasteiger partial charge in [-0.1, -0.05) is 12.1 Å². The maximum absolute atomic E-state index is 12.4. The highest BCUT2D eigenvalue weighted by atomic mass is 16.5. The molecule has 7 heteroatoms. The number of carbonyl (C=O) groups is 3. The Morgan fingerprint density at radius 2 is 1.85 bits per heavy atom. The van der Waals surface area contributed by atoms with Crippen LogP contribution in [0.2, 0.25) is 0 Å². The largest absolute Gasteiger partial charge is 0.491 e. The molecule has 0 saturated carbocycles. The van der Waals surface area contributed by atoms with Crippen LogP contribution in [-0.4, -0.2) is 37.9 Å². The van der Waals surface area contributed by atoms with E-state index in [1.54, 1.807) is 49.5 Å². The number of para-hydroxylation sites is 2. The van der Waals surface area contributed by atoms with Gasteiger partial charge in [-0.2, -0.15) is 0 Å². The lowest BCUT2D eigenvalue weighted by atomic mass is 10.2. The Morgan fingerprint density at radius 3 is 2.58 bits per heavy atom. The van der Waals surface area contributed by atoms with E-state index in [-0.39, 0.29) is 37.3 Å². The third kappa shape index (κ3) is 3.83. The van der Waals surface area contributed by atoms with Crippen molar-refractivity contribution in [3.8, 4) is 5.75 Å². The van der Waals surface area contributed by atoms with Crippen molar-refractivity contribution in [1.82, 2.24) is 5.32 Å². The second-order valence-corrected chi connectivity index (χ2v) is 5.75. The number of ether oxygens (including phenoxy) is 1. The lowest BCUT2D eigenvalue weighted by Gasteiger charge is -2.21. The fourth-order valence-corrected chi connectivity index (χ4v) is 2.69. The van der Waals surface area contributed by atoms with E-state index in [9.17, 15) is 14.4 Å². The van der Waals surface area contributed by atoms with Crippen molar-refractivity contribution in [3.05, 3.63) is 54.1 Å². The van der Waals surface area contributed by atoms with Gasteiger partial charge >= 0.3 is 0 Å². The summed E-state index contributed by atoms with van der Waals surface area (Å²) in [5.74, 6) is -0.112. The number of nitrogens with one attached hydrogen (secondary N) is 2. The molecule has 1 aliphatic rings. The van der Waals surface area contributed by atoms with E-state index in [0.717, 1.165) is 0 Å². The summed E-state index contributed by atoms with van der Waals surface area (Å²) in [6.45, 7) is 0.172. The van der Waals surface area contributed by atoms with E-state index >= 15 is 0 Å². The maximum Gasteiger partial charge on any atom is 0.251 e. The first-order valence-electron chi connectivity index (χ1n) is 8.22. The van der Waals surface area contributed by atoms with Crippen molar-refractivity contribution >= 4 is 29.1 Å². The third-order valence-electron chi connectivity index (χ3n) is 3.99. The number of rotatable bonds is 4. The molecule has 0 atom stereocenters. The van der Waals surface area contributed by atoms with Gasteiger partial charge in [-0.15, -0.1) is 0 Å². The van der Waals surface area contributed by atoms with Crippen LogP contribution in [-0.2, 0) is 9.59 Å². The Balaban J connectivity index is 1.71. The molecule has 2 aromatic rings. The summed E-state index contributed by atoms with van der Waals surface area (Å²) in [6.07, 6.45) is 0.211. The molecular weight excluding hydrogens is 334 g/mol. The van der Waals surface area contributed by atoms with E-state index in [0.29, 0.717) is 22.7 Å². The zero-order chi connectivity index (χ0) is 18.5. The number of hydrogen-bond acceptors (Lipinski definition) is 4. The van der Waals surface area contributed by atoms with E-state index < -0.39 is 0 Å². The lowest BCUT2D eigenvalue weighted by Crippen LogP contribution is -2.37. The minimum atomic E-state index is -0.331. The predicted molar refractivity (Wildman–Crippen MR) is 97.4 cm³/mol. The van der Waals surface area contributed by atoms with Crippen LogP contribution in [0, 0.1) is 0 Å². The van der Waals surface area contributed by atoms with Crippen molar-refractivity contribution in [2.24, 2.45) is 0 Å². The standard InChI is InChI=1S/C19H19N3O4/c1-20-19(25)13-6-8-14(9-7-13)21-17(23)12-22-15-4-2-3-5-16(15)26-11-10-18(22)24/h2-9H,10-12H2,1H3,(H,20,25)(H,21,23). The summed E-state index contributed by atoms with van der Waals surface area (Å²) >= 11 is 0. The van der Waals surface area contributed by atoms with Crippen molar-refractivity contribution in [2.75, 3.05) is 30.4 Å². The van der Waals surface area contributed by atoms with E-state index in [4.69, 9.17) is 4.74 Å². The molecule has 134 valence electrons. The second-order valence-electron chi connectivity index (χ2n) is 5.75. The van der Waals surface area contributed by atoms with Gasteiger partial charge in [0.15, 0.2) is 0 Å². The molecule has 0 aromatic heterocycles. The van der Waals surface area contributed by atoms with Gasteiger partial charge in [-0.3, -0.25) is 19.3 Å². The van der Waals surface area contributed by atoms with Gasteiger partial charge in [0, 0.05) is 18.3 Å². The molecule has 1 heterocycles. The Morgan fingerprint density at radius 1 is 1.12 bits per heavy atom. The molecule has 3 rings (SSSR count). The van der Waals surface area contributed by atoms with Gasteiger partial charge in [-0.05, 0) is 36.4 Å². The highest BCUT2D eigenvalue weighted by Crippen LogP contribution is 2.30. The summed E-state index contributed by atoms with van der Waals surface area (Å²) in [7, 11) is 1.55. The molecule has 0 unspecified atom stereocenters. The first kappa shape index (κ1) is 17.5. The topological polar surface area (TPSA) is 87.7 Å². The number of nitrogens with zero attached hydrogens (tertiary/aromatic N) is 1. The zero-order valence-electron chi connectivity index (χ0n) is 14.3. The average Bonchev–Trinajstić information content (AvgIpc) is 2.81. The van der Waals surface area contributed by atoms with Crippen LogP contribution >= 0.6 is 0 Å². The fraction of sp³-hybridized carbons (Fsp3) is 0.211. The van der Waals surface area contributed by atoms with Crippen LogP contribution < -0.4 is 20.3 Å². The second kappa shape index (κ2) is 7.69. The third-order valence-corrected chi connectivity index (χ3v) is 3.99. The summed E-state index contributed by atoms with van der Waals surface area (Å²) < 4.78 is 5.56. The Bertz CT molecular complexity index is 833. The number of fused-ring (bicyclic) bond motifs is 1. The minimum Gasteiger partial charge on any atom is -0.491 e. The van der Waals surface area contributed by atoms with Crippen LogP contribution in [0.3, 0.4) is 0 Å². The molecule has 0 spiro atoms. The van der Waals surface area contributed by atoms with Crippen molar-refractivity contribution in [2.45, 2.75) is 6.42 Å². The molecule has 1 aliphatic heterocycles. The monoisotopic (exact) mass is 353 g/mol. The maximum atomic E-state index is 12.4. The van der Waals surface area contributed by atoms with Crippen molar-refractivity contribution < 1.29 is 19.1 Å². The molecule has 26 heavy (non-hydrogen) atoms. The fourth-order valence-electron chi connectivity index (χ4n) is 2.69. The van der Waals surface area contributed by atoms with Crippen LogP contribution in [0.1, 0.15) is 16.8 Å². The minimum absolute atomic E-state index is 0.115. The first-order chi connectivity index (χ1) is 12.6. The summed E-state index contributed by atoms with van der Waals surface area (Å²) in [5, 5.41) is 5.27. The number of carbonyl (C=O) groups excluding carboxylic acids is 3. The van der Waals surface area contributed by atoms with Crippen molar-refractivity contribution in [1.29, 1.82) is 0 Å². The Labute approximate surface area is 150 Å². The molecule has 2 N–H and O–H groups in total. The molecule has 0 fully saturated rings. The molecule has 0 aliphatic carbocycles. The highest BCUT2D eigenvalue weighted by Gasteiger charge is 2.25. The van der Waals surface area contributed by atoms with E-state index in [1.165, 1.54) is 4.90 Å². The number of hydrogen-bond donors (Lipinski definition) is 2. The van der Waals surface area contributed by atoms with Gasteiger partial charge in [0.05, 0.1) is 18.7 Å². The number of amides is 3. The summed E-state index contributed by atoms with van der Waals surface area (Å²) in [4.78, 5) is 37.7. The van der Waals surface area contributed by atoms with Gasteiger partial charge in [-0.25, -0.2) is 0 Å². The van der Waals surface area contributed by atoms with Gasteiger partial charge < -0.3 is 15.4 Å². The molecule has 0 radical (unpaired) electrons. The number of anilines is 2. The Hall–Kier alpha value is -3.35. The van der Waals surface area contributed by atoms with Crippen LogP contribution in [0.15, 0.2) is 48.5 Å². The molecule has 0 saturated heterocycles. The first-order valence-corrected chi connectivity index (χ1v) is 8.22. The molecule has 3 amide bonds. The van der Waals surface area contributed by atoms with Gasteiger partial charge in [0.1, 0.15) is 12.3 Å². The highest BCUT2D eigenvalue weighted by molar-refractivity contribution is 6.04. The summed E-state index contributed by atoms with van der Waals surface area (Å²) in [6, 6.07) is 13.7. The van der Waals surface area contributed by atoms with Crippen LogP contribution in [0.25, 0.3) is 0 Å². The number of benzene rings is 2. The normalized spacial score (nSPS) is 13.3.